The van der Waals surface area contributed by atoms with Gasteiger partial charge in [0, 0.05) is 5.56 Å². The molecule has 128 valence electrons. The highest BCUT2D eigenvalue weighted by Gasteiger charge is 2.07. The monoisotopic (exact) mass is 337 g/mol. The molecule has 0 saturated carbocycles. The van der Waals surface area contributed by atoms with Crippen LogP contribution in [0.1, 0.15) is 22.5 Å². The van der Waals surface area contributed by atoms with Crippen LogP contribution in [0.25, 0.3) is 11.5 Å². The number of carbonyl (C=O) groups excluding carboxylic acids is 1. The lowest BCUT2D eigenvalue weighted by Gasteiger charge is -2.06. The van der Waals surface area contributed by atoms with E-state index in [1.807, 2.05) is 30.3 Å². The van der Waals surface area contributed by atoms with Gasteiger partial charge in [-0.05, 0) is 49.2 Å². The largest absolute Gasteiger partial charge is 0.494 e. The third kappa shape index (κ3) is 4.47. The highest BCUT2D eigenvalue weighted by molar-refractivity contribution is 5.89. The molecule has 0 atom stereocenters. The van der Waals surface area contributed by atoms with Crippen LogP contribution in [0.15, 0.2) is 65.3 Å². The zero-order valence-electron chi connectivity index (χ0n) is 14.0. The molecule has 3 aromatic rings. The second-order valence-electron chi connectivity index (χ2n) is 5.48. The van der Waals surface area contributed by atoms with Crippen molar-refractivity contribution in [1.29, 1.82) is 0 Å². The number of rotatable bonds is 7. The van der Waals surface area contributed by atoms with Crippen molar-refractivity contribution < 1.29 is 18.7 Å². The normalized spacial score (nSPS) is 10.4. The Morgan fingerprint density at radius 1 is 1.08 bits per heavy atom. The first kappa shape index (κ1) is 16.8. The predicted molar refractivity (Wildman–Crippen MR) is 93.5 cm³/mol. The van der Waals surface area contributed by atoms with Crippen LogP contribution in [0.3, 0.4) is 0 Å². The molecule has 5 heteroatoms. The van der Waals surface area contributed by atoms with Crippen molar-refractivity contribution in [2.24, 2.45) is 0 Å². The van der Waals surface area contributed by atoms with E-state index in [1.54, 1.807) is 30.5 Å². The van der Waals surface area contributed by atoms with Crippen molar-refractivity contribution in [3.8, 4) is 17.2 Å². The van der Waals surface area contributed by atoms with Crippen LogP contribution in [-0.2, 0) is 11.2 Å². The third-order valence-corrected chi connectivity index (χ3v) is 3.69. The fourth-order valence-corrected chi connectivity index (χ4v) is 2.38. The number of benzene rings is 2. The van der Waals surface area contributed by atoms with Crippen molar-refractivity contribution in [2.75, 3.05) is 13.7 Å². The van der Waals surface area contributed by atoms with Gasteiger partial charge < -0.3 is 13.9 Å². The molecule has 0 aliphatic carbocycles. The van der Waals surface area contributed by atoms with Gasteiger partial charge in [-0.25, -0.2) is 9.78 Å². The molecule has 0 radical (unpaired) electrons. The number of hydrogen-bond donors (Lipinski definition) is 0. The summed E-state index contributed by atoms with van der Waals surface area (Å²) in [7, 11) is 1.36. The standard InChI is InChI=1S/C20H19NO4/c1-23-20(22)16-9-11-18(12-10-16)24-13-5-8-17-14-25-19(21-17)15-6-3-2-4-7-15/h2-4,6-7,9-12,14H,5,8,13H2,1H3. The quantitative estimate of drug-likeness (QED) is 0.479. The number of oxazole rings is 1. The fourth-order valence-electron chi connectivity index (χ4n) is 2.38. The number of nitrogens with zero attached hydrogens (tertiary/aromatic N) is 1. The maximum Gasteiger partial charge on any atom is 0.337 e. The minimum absolute atomic E-state index is 0.355. The van der Waals surface area contributed by atoms with Crippen molar-refractivity contribution in [3.63, 3.8) is 0 Å². The van der Waals surface area contributed by atoms with Crippen LogP contribution in [0.5, 0.6) is 5.75 Å². The molecule has 5 nitrogen and oxygen atoms in total. The summed E-state index contributed by atoms with van der Waals surface area (Å²) >= 11 is 0. The van der Waals surface area contributed by atoms with Gasteiger partial charge in [0.25, 0.3) is 0 Å². The fraction of sp³-hybridized carbons (Fsp3) is 0.200. The Morgan fingerprint density at radius 2 is 1.84 bits per heavy atom. The van der Waals surface area contributed by atoms with Crippen molar-refractivity contribution in [3.05, 3.63) is 72.1 Å². The topological polar surface area (TPSA) is 61.6 Å². The zero-order valence-corrected chi connectivity index (χ0v) is 14.0. The third-order valence-electron chi connectivity index (χ3n) is 3.69. The average Bonchev–Trinajstić information content (AvgIpc) is 3.15. The highest BCUT2D eigenvalue weighted by Crippen LogP contribution is 2.19. The van der Waals surface area contributed by atoms with Gasteiger partial charge in [-0.1, -0.05) is 18.2 Å². The molecule has 0 bridgehead atoms. The molecule has 1 aromatic heterocycles. The SMILES string of the molecule is COC(=O)c1ccc(OCCCc2coc(-c3ccccc3)n2)cc1. The van der Waals surface area contributed by atoms with Gasteiger partial charge in [0.15, 0.2) is 0 Å². The maximum atomic E-state index is 11.4. The number of esters is 1. The van der Waals surface area contributed by atoms with Crippen LogP contribution in [0, 0.1) is 0 Å². The van der Waals surface area contributed by atoms with Gasteiger partial charge in [-0.3, -0.25) is 0 Å². The Hall–Kier alpha value is -3.08. The summed E-state index contributed by atoms with van der Waals surface area (Å²) < 4.78 is 15.9. The van der Waals surface area contributed by atoms with E-state index in [4.69, 9.17) is 9.15 Å². The number of methoxy groups -OCH3 is 1. The molecule has 0 saturated heterocycles. The number of aromatic nitrogens is 1. The summed E-state index contributed by atoms with van der Waals surface area (Å²) in [4.78, 5) is 15.9. The Kier molecular flexibility index (Phi) is 5.46. The summed E-state index contributed by atoms with van der Waals surface area (Å²) in [6.07, 6.45) is 3.28. The van der Waals surface area contributed by atoms with Gasteiger partial charge in [0.1, 0.15) is 12.0 Å². The first-order valence-corrected chi connectivity index (χ1v) is 8.07. The summed E-state index contributed by atoms with van der Waals surface area (Å²) in [5.41, 5.74) is 2.38. The molecular weight excluding hydrogens is 318 g/mol. The lowest BCUT2D eigenvalue weighted by Crippen LogP contribution is -2.02. The van der Waals surface area contributed by atoms with Crippen LogP contribution in [-0.4, -0.2) is 24.7 Å². The van der Waals surface area contributed by atoms with Crippen LogP contribution in [0.2, 0.25) is 0 Å². The highest BCUT2D eigenvalue weighted by atomic mass is 16.5. The summed E-state index contributed by atoms with van der Waals surface area (Å²) in [6.45, 7) is 0.561. The smallest absolute Gasteiger partial charge is 0.337 e. The molecule has 0 N–H and O–H groups in total. The van der Waals surface area contributed by atoms with Crippen molar-refractivity contribution in [2.45, 2.75) is 12.8 Å². The Labute approximate surface area is 146 Å². The van der Waals surface area contributed by atoms with E-state index in [9.17, 15) is 4.79 Å². The van der Waals surface area contributed by atoms with Gasteiger partial charge in [0.05, 0.1) is 25.0 Å². The summed E-state index contributed by atoms with van der Waals surface area (Å²) in [5.74, 6) is 1.000. The average molecular weight is 337 g/mol. The first-order valence-electron chi connectivity index (χ1n) is 8.07. The molecule has 3 rings (SSSR count). The van der Waals surface area contributed by atoms with Gasteiger partial charge in [-0.15, -0.1) is 0 Å². The molecule has 1 heterocycles. The van der Waals surface area contributed by atoms with E-state index >= 15 is 0 Å². The minimum Gasteiger partial charge on any atom is -0.494 e. The van der Waals surface area contributed by atoms with Gasteiger partial charge >= 0.3 is 5.97 Å². The van der Waals surface area contributed by atoms with E-state index < -0.39 is 0 Å². The number of carbonyl (C=O) groups is 1. The maximum absolute atomic E-state index is 11.4. The lowest BCUT2D eigenvalue weighted by molar-refractivity contribution is 0.0600. The second-order valence-corrected chi connectivity index (χ2v) is 5.48. The van der Waals surface area contributed by atoms with Gasteiger partial charge in [-0.2, -0.15) is 0 Å². The van der Waals surface area contributed by atoms with Crippen molar-refractivity contribution >= 4 is 5.97 Å². The molecule has 25 heavy (non-hydrogen) atoms. The molecular formula is C20H19NO4. The first-order chi connectivity index (χ1) is 12.3. The van der Waals surface area contributed by atoms with Crippen molar-refractivity contribution in [1.82, 2.24) is 4.98 Å². The van der Waals surface area contributed by atoms with Crippen LogP contribution >= 0.6 is 0 Å². The van der Waals surface area contributed by atoms with Gasteiger partial charge in [0.2, 0.25) is 5.89 Å². The molecule has 0 aliphatic rings. The summed E-state index contributed by atoms with van der Waals surface area (Å²) in [6, 6.07) is 16.7. The zero-order chi connectivity index (χ0) is 17.5. The molecule has 2 aromatic carbocycles. The van der Waals surface area contributed by atoms with E-state index in [1.165, 1.54) is 7.11 Å². The number of ether oxygens (including phenoxy) is 2. The Bertz CT molecular complexity index is 809. The van der Waals surface area contributed by atoms with Crippen LogP contribution in [0.4, 0.5) is 0 Å². The van der Waals surface area contributed by atoms with E-state index in [0.717, 1.165) is 29.8 Å². The minimum atomic E-state index is -0.355. The summed E-state index contributed by atoms with van der Waals surface area (Å²) in [5, 5.41) is 0. The lowest BCUT2D eigenvalue weighted by atomic mass is 10.2. The predicted octanol–water partition coefficient (Wildman–Crippen LogP) is 4.14. The number of hydrogen-bond acceptors (Lipinski definition) is 5. The van der Waals surface area contributed by atoms with E-state index in [2.05, 4.69) is 9.72 Å². The second kappa shape index (κ2) is 8.15. The molecule has 0 aliphatic heterocycles. The molecule has 0 amide bonds. The molecule has 0 spiro atoms. The number of aryl methyl sites for hydroxylation is 1. The van der Waals surface area contributed by atoms with Crippen LogP contribution < -0.4 is 4.74 Å². The molecule has 0 unspecified atom stereocenters. The van der Waals surface area contributed by atoms with E-state index in [-0.39, 0.29) is 5.97 Å². The van der Waals surface area contributed by atoms with E-state index in [0.29, 0.717) is 18.1 Å². The molecule has 0 fully saturated rings. The Morgan fingerprint density at radius 3 is 2.56 bits per heavy atom. The Balaban J connectivity index is 1.46.